The van der Waals surface area contributed by atoms with E-state index in [2.05, 4.69) is 255 Å². The first kappa shape index (κ1) is 37.5. The van der Waals surface area contributed by atoms with E-state index in [4.69, 9.17) is 0 Å². The van der Waals surface area contributed by atoms with Crippen molar-refractivity contribution in [1.29, 1.82) is 0 Å². The number of rotatable bonds is 6. The van der Waals surface area contributed by atoms with Crippen LogP contribution >= 0.6 is 0 Å². The Morgan fingerprint density at radius 3 is 1.23 bits per heavy atom. The second kappa shape index (κ2) is 14.3. The van der Waals surface area contributed by atoms with Gasteiger partial charge < -0.3 is 4.90 Å². The van der Waals surface area contributed by atoms with E-state index in [-0.39, 0.29) is 5.41 Å². The number of hydrogen-bond donors (Lipinski definition) is 0. The summed E-state index contributed by atoms with van der Waals surface area (Å²) in [7, 11) is 0. The molecular formula is C64H45N. The van der Waals surface area contributed by atoms with Gasteiger partial charge in [0.05, 0.1) is 11.1 Å². The Bertz CT molecular complexity index is 3490. The van der Waals surface area contributed by atoms with E-state index >= 15 is 0 Å². The summed E-state index contributed by atoms with van der Waals surface area (Å²) in [5, 5.41) is 0. The van der Waals surface area contributed by atoms with Crippen molar-refractivity contribution in [3.63, 3.8) is 0 Å². The Morgan fingerprint density at radius 1 is 0.262 bits per heavy atom. The molecule has 10 aromatic carbocycles. The average molecular weight is 828 g/mol. The SMILES string of the molecule is CC1(C)c2ccccc2-c2c(-c3ccc(N(c4ccc(-c5ccccc5)cc4)c4cccc5c4-c4ccccc4C54c5ccccc5-c5c(-c6ccccc6)cccc54)cc3)cccc21. The van der Waals surface area contributed by atoms with Gasteiger partial charge in [0.1, 0.15) is 0 Å². The van der Waals surface area contributed by atoms with Gasteiger partial charge in [-0.3, -0.25) is 0 Å². The van der Waals surface area contributed by atoms with Gasteiger partial charge in [-0.05, 0) is 125 Å². The highest BCUT2D eigenvalue weighted by molar-refractivity contribution is 6.04. The summed E-state index contributed by atoms with van der Waals surface area (Å²) in [6.07, 6.45) is 0. The zero-order valence-electron chi connectivity index (χ0n) is 36.5. The largest absolute Gasteiger partial charge is 0.310 e. The van der Waals surface area contributed by atoms with Crippen molar-refractivity contribution in [3.05, 3.63) is 270 Å². The molecule has 1 spiro atoms. The molecule has 1 unspecified atom stereocenters. The molecule has 0 saturated heterocycles. The molecule has 13 rings (SSSR count). The normalized spacial score (nSPS) is 15.4. The molecule has 0 N–H and O–H groups in total. The molecule has 0 aromatic heterocycles. The highest BCUT2D eigenvalue weighted by Crippen LogP contribution is 2.66. The molecular weight excluding hydrogens is 783 g/mol. The lowest BCUT2D eigenvalue weighted by molar-refractivity contribution is 0.660. The van der Waals surface area contributed by atoms with Gasteiger partial charge in [-0.1, -0.05) is 220 Å². The average Bonchev–Trinajstić information content (AvgIpc) is 3.94. The van der Waals surface area contributed by atoms with Gasteiger partial charge in [-0.25, -0.2) is 0 Å². The van der Waals surface area contributed by atoms with Gasteiger partial charge >= 0.3 is 0 Å². The standard InChI is InChI=1S/C64H45N/c1-63(2)53-27-12-9-22-50(53)60-49(25-15-30-56(60)63)45-36-40-47(41-37-45)65(46-38-34-43(35-39-46)42-18-5-3-6-19-42)59-33-17-32-58-62(59)52-24-11-14-29-55(52)64(58)54-28-13-10-23-51(54)61-48(26-16-31-57(61)64)44-20-7-4-8-21-44/h3-41H,1-2H3. The molecule has 65 heavy (non-hydrogen) atoms. The molecule has 0 fully saturated rings. The second-order valence-electron chi connectivity index (χ2n) is 18.3. The minimum absolute atomic E-state index is 0.0601. The van der Waals surface area contributed by atoms with Crippen LogP contribution in [0.15, 0.2) is 237 Å². The van der Waals surface area contributed by atoms with Crippen LogP contribution in [0.2, 0.25) is 0 Å². The van der Waals surface area contributed by atoms with Crippen LogP contribution in [0.4, 0.5) is 17.1 Å². The molecule has 0 aliphatic heterocycles. The van der Waals surface area contributed by atoms with Crippen molar-refractivity contribution in [3.8, 4) is 66.8 Å². The van der Waals surface area contributed by atoms with Crippen LogP contribution in [0.5, 0.6) is 0 Å². The van der Waals surface area contributed by atoms with Crippen LogP contribution in [-0.4, -0.2) is 0 Å². The third-order valence-corrected chi connectivity index (χ3v) is 14.7. The monoisotopic (exact) mass is 827 g/mol. The zero-order chi connectivity index (χ0) is 43.3. The quantitative estimate of drug-likeness (QED) is 0.161. The van der Waals surface area contributed by atoms with E-state index in [1.165, 1.54) is 100 Å². The molecule has 0 amide bonds. The van der Waals surface area contributed by atoms with Gasteiger partial charge in [0.15, 0.2) is 0 Å². The van der Waals surface area contributed by atoms with E-state index in [0.29, 0.717) is 0 Å². The van der Waals surface area contributed by atoms with Crippen LogP contribution in [0.25, 0.3) is 66.8 Å². The van der Waals surface area contributed by atoms with Crippen molar-refractivity contribution in [2.75, 3.05) is 4.90 Å². The maximum Gasteiger partial charge on any atom is 0.0726 e. The fraction of sp³-hybridized carbons (Fsp3) is 0.0625. The molecule has 0 saturated carbocycles. The zero-order valence-corrected chi connectivity index (χ0v) is 36.5. The van der Waals surface area contributed by atoms with Crippen molar-refractivity contribution >= 4 is 17.1 Å². The summed E-state index contributed by atoms with van der Waals surface area (Å²) in [5.74, 6) is 0. The van der Waals surface area contributed by atoms with Crippen LogP contribution in [0, 0.1) is 0 Å². The van der Waals surface area contributed by atoms with Gasteiger partial charge in [-0.2, -0.15) is 0 Å². The molecule has 0 heterocycles. The molecule has 3 aliphatic rings. The lowest BCUT2D eigenvalue weighted by atomic mass is 9.70. The second-order valence-corrected chi connectivity index (χ2v) is 18.3. The molecule has 1 heteroatoms. The van der Waals surface area contributed by atoms with Gasteiger partial charge in [0.2, 0.25) is 0 Å². The molecule has 0 radical (unpaired) electrons. The number of hydrogen-bond acceptors (Lipinski definition) is 1. The van der Waals surface area contributed by atoms with Crippen molar-refractivity contribution in [2.24, 2.45) is 0 Å². The molecule has 0 bridgehead atoms. The summed E-state index contributed by atoms with van der Waals surface area (Å²) in [6.45, 7) is 4.72. The summed E-state index contributed by atoms with van der Waals surface area (Å²) < 4.78 is 0. The topological polar surface area (TPSA) is 3.24 Å². The van der Waals surface area contributed by atoms with Crippen LogP contribution in [0.3, 0.4) is 0 Å². The van der Waals surface area contributed by atoms with E-state index in [1.807, 2.05) is 0 Å². The Labute approximate surface area is 381 Å². The van der Waals surface area contributed by atoms with E-state index < -0.39 is 5.41 Å². The van der Waals surface area contributed by atoms with Crippen LogP contribution in [0.1, 0.15) is 47.2 Å². The highest BCUT2D eigenvalue weighted by Gasteiger charge is 2.53. The Kier molecular flexibility index (Phi) is 8.24. The third-order valence-electron chi connectivity index (χ3n) is 14.7. The maximum atomic E-state index is 2.49. The van der Waals surface area contributed by atoms with Gasteiger partial charge in [0.25, 0.3) is 0 Å². The number of nitrogens with zero attached hydrogens (tertiary/aromatic N) is 1. The summed E-state index contributed by atoms with van der Waals surface area (Å²) in [6, 6.07) is 88.1. The van der Waals surface area contributed by atoms with Gasteiger partial charge in [0, 0.05) is 22.4 Å². The fourth-order valence-corrected chi connectivity index (χ4v) is 11.9. The molecule has 1 atom stereocenters. The van der Waals surface area contributed by atoms with Crippen molar-refractivity contribution in [1.82, 2.24) is 0 Å². The first-order chi connectivity index (χ1) is 32.0. The van der Waals surface area contributed by atoms with Crippen molar-refractivity contribution in [2.45, 2.75) is 24.7 Å². The van der Waals surface area contributed by atoms with E-state index in [1.54, 1.807) is 0 Å². The third kappa shape index (κ3) is 5.33. The first-order valence-electron chi connectivity index (χ1n) is 22.8. The maximum absolute atomic E-state index is 2.49. The predicted octanol–water partition coefficient (Wildman–Crippen LogP) is 16.8. The fourth-order valence-electron chi connectivity index (χ4n) is 11.9. The summed E-state index contributed by atoms with van der Waals surface area (Å²) in [5.41, 5.74) is 26.2. The Balaban J connectivity index is 1.03. The summed E-state index contributed by atoms with van der Waals surface area (Å²) >= 11 is 0. The minimum Gasteiger partial charge on any atom is -0.310 e. The lowest BCUT2D eigenvalue weighted by Crippen LogP contribution is -2.26. The van der Waals surface area contributed by atoms with Crippen LogP contribution < -0.4 is 4.90 Å². The molecule has 1 nitrogen and oxygen atoms in total. The van der Waals surface area contributed by atoms with Gasteiger partial charge in [-0.15, -0.1) is 0 Å². The molecule has 10 aromatic rings. The van der Waals surface area contributed by atoms with E-state index in [0.717, 1.165) is 17.1 Å². The first-order valence-corrected chi connectivity index (χ1v) is 22.8. The number of fused-ring (bicyclic) bond motifs is 13. The lowest BCUT2D eigenvalue weighted by Gasteiger charge is -2.32. The Morgan fingerprint density at radius 2 is 0.631 bits per heavy atom. The Hall–Kier alpha value is -8.00. The highest BCUT2D eigenvalue weighted by atomic mass is 15.1. The van der Waals surface area contributed by atoms with E-state index in [9.17, 15) is 0 Å². The smallest absolute Gasteiger partial charge is 0.0726 e. The number of anilines is 3. The van der Waals surface area contributed by atoms with Crippen LogP contribution in [-0.2, 0) is 10.8 Å². The summed E-state index contributed by atoms with van der Waals surface area (Å²) in [4.78, 5) is 2.49. The molecule has 306 valence electrons. The predicted molar refractivity (Wildman–Crippen MR) is 271 cm³/mol. The van der Waals surface area contributed by atoms with Crippen molar-refractivity contribution < 1.29 is 0 Å². The molecule has 3 aliphatic carbocycles. The number of benzene rings is 10. The minimum atomic E-state index is -0.497.